The molecular weight excluding hydrogens is 340 g/mol. The van der Waals surface area contributed by atoms with Gasteiger partial charge in [0.2, 0.25) is 5.95 Å². The maximum atomic E-state index is 12.8. The monoisotopic (exact) mass is 360 g/mol. The van der Waals surface area contributed by atoms with Gasteiger partial charge in [-0.25, -0.2) is 15.0 Å². The first-order chi connectivity index (χ1) is 13.1. The van der Waals surface area contributed by atoms with Crippen LogP contribution in [0.5, 0.6) is 0 Å². The number of carbonyl (C=O) groups is 1. The van der Waals surface area contributed by atoms with Crippen molar-refractivity contribution in [3.8, 4) is 0 Å². The number of nitrogens with two attached hydrogens (primary N) is 1. The fourth-order valence-corrected chi connectivity index (χ4v) is 3.18. The second kappa shape index (κ2) is 7.03. The fourth-order valence-electron chi connectivity index (χ4n) is 3.18. The molecule has 1 aliphatic rings. The molecule has 3 aromatic rings. The van der Waals surface area contributed by atoms with Gasteiger partial charge in [0.1, 0.15) is 5.82 Å². The van der Waals surface area contributed by atoms with Gasteiger partial charge >= 0.3 is 0 Å². The fraction of sp³-hybridized carbons (Fsp3) is 0.200. The van der Waals surface area contributed by atoms with E-state index in [1.807, 2.05) is 54.4 Å². The third kappa shape index (κ3) is 3.44. The third-order valence-electron chi connectivity index (χ3n) is 4.72. The Morgan fingerprint density at radius 1 is 1.11 bits per heavy atom. The van der Waals surface area contributed by atoms with Crippen LogP contribution in [0.4, 0.5) is 17.5 Å². The molecule has 0 saturated carbocycles. The smallest absolute Gasteiger partial charge is 0.255 e. The molecule has 4 rings (SSSR count). The summed E-state index contributed by atoms with van der Waals surface area (Å²) in [5, 5.41) is 0. The van der Waals surface area contributed by atoms with Crippen LogP contribution < -0.4 is 10.6 Å². The predicted molar refractivity (Wildman–Crippen MR) is 104 cm³/mol. The Hall–Kier alpha value is -3.48. The first-order valence-electron chi connectivity index (χ1n) is 8.76. The topological polar surface area (TPSA) is 88.2 Å². The van der Waals surface area contributed by atoms with E-state index in [-0.39, 0.29) is 11.9 Å². The highest BCUT2D eigenvalue weighted by Gasteiger charge is 2.23. The molecule has 136 valence electrons. The maximum absolute atomic E-state index is 12.8. The number of nitrogen functional groups attached to an aromatic ring is 1. The van der Waals surface area contributed by atoms with E-state index in [9.17, 15) is 4.79 Å². The third-order valence-corrected chi connectivity index (χ3v) is 4.72. The van der Waals surface area contributed by atoms with Gasteiger partial charge in [0.05, 0.1) is 11.3 Å². The molecule has 1 amide bonds. The average molecular weight is 360 g/mol. The number of rotatable bonds is 3. The molecule has 7 heteroatoms. The minimum atomic E-state index is -0.0427. The summed E-state index contributed by atoms with van der Waals surface area (Å²) in [4.78, 5) is 29.3. The number of hydrogen-bond donors (Lipinski definition) is 1. The lowest BCUT2D eigenvalue weighted by Crippen LogP contribution is -2.36. The lowest BCUT2D eigenvalue weighted by Gasteiger charge is -2.28. The van der Waals surface area contributed by atoms with Gasteiger partial charge in [0, 0.05) is 50.2 Å². The number of benzene rings is 1. The molecule has 0 spiro atoms. The van der Waals surface area contributed by atoms with Crippen LogP contribution in [-0.2, 0) is 13.0 Å². The number of fused-ring (bicyclic) bond motifs is 1. The lowest BCUT2D eigenvalue weighted by molar-refractivity contribution is 0.0733. The van der Waals surface area contributed by atoms with E-state index in [1.54, 1.807) is 17.3 Å². The summed E-state index contributed by atoms with van der Waals surface area (Å²) in [6.07, 6.45) is 4.01. The van der Waals surface area contributed by atoms with Crippen molar-refractivity contribution in [2.45, 2.75) is 13.0 Å². The molecule has 2 N–H and O–H groups in total. The molecule has 2 aromatic heterocycles. The van der Waals surface area contributed by atoms with Gasteiger partial charge in [-0.3, -0.25) is 4.79 Å². The van der Waals surface area contributed by atoms with Crippen molar-refractivity contribution in [2.75, 3.05) is 24.2 Å². The molecule has 0 radical (unpaired) electrons. The van der Waals surface area contributed by atoms with Crippen LogP contribution in [0.1, 0.15) is 21.6 Å². The van der Waals surface area contributed by atoms with Gasteiger partial charge < -0.3 is 15.5 Å². The van der Waals surface area contributed by atoms with Crippen molar-refractivity contribution in [3.63, 3.8) is 0 Å². The normalized spacial score (nSPS) is 13.1. The SMILES string of the molecule is CN(c1ccccc1)c1ccc(C(=O)N2CCc3nc(N)ncc3C2)cn1. The van der Waals surface area contributed by atoms with Gasteiger partial charge in [-0.2, -0.15) is 0 Å². The van der Waals surface area contributed by atoms with Crippen molar-refractivity contribution < 1.29 is 4.79 Å². The quantitative estimate of drug-likeness (QED) is 0.772. The Labute approximate surface area is 157 Å². The number of pyridine rings is 1. The van der Waals surface area contributed by atoms with Gasteiger partial charge in [0.25, 0.3) is 5.91 Å². The molecule has 27 heavy (non-hydrogen) atoms. The number of para-hydroxylation sites is 1. The molecule has 0 bridgehead atoms. The highest BCUT2D eigenvalue weighted by Crippen LogP contribution is 2.22. The van der Waals surface area contributed by atoms with E-state index in [0.29, 0.717) is 25.1 Å². The molecule has 0 fully saturated rings. The van der Waals surface area contributed by atoms with Gasteiger partial charge in [-0.15, -0.1) is 0 Å². The van der Waals surface area contributed by atoms with Crippen LogP contribution in [0.25, 0.3) is 0 Å². The van der Waals surface area contributed by atoms with Crippen LogP contribution in [0.15, 0.2) is 54.9 Å². The molecule has 1 aromatic carbocycles. The van der Waals surface area contributed by atoms with Crippen molar-refractivity contribution in [1.29, 1.82) is 0 Å². The second-order valence-corrected chi connectivity index (χ2v) is 6.48. The summed E-state index contributed by atoms with van der Waals surface area (Å²) in [6, 6.07) is 13.6. The van der Waals surface area contributed by atoms with E-state index in [4.69, 9.17) is 5.73 Å². The van der Waals surface area contributed by atoms with E-state index < -0.39 is 0 Å². The number of amides is 1. The average Bonchev–Trinajstić information content (AvgIpc) is 2.73. The number of nitrogens with zero attached hydrogens (tertiary/aromatic N) is 5. The summed E-state index contributed by atoms with van der Waals surface area (Å²) in [5.41, 5.74) is 9.10. The summed E-state index contributed by atoms with van der Waals surface area (Å²) >= 11 is 0. The minimum absolute atomic E-state index is 0.0427. The molecule has 0 unspecified atom stereocenters. The minimum Gasteiger partial charge on any atom is -0.368 e. The van der Waals surface area contributed by atoms with Crippen molar-refractivity contribution >= 4 is 23.4 Å². The van der Waals surface area contributed by atoms with Gasteiger partial charge in [0.15, 0.2) is 0 Å². The van der Waals surface area contributed by atoms with E-state index >= 15 is 0 Å². The Morgan fingerprint density at radius 2 is 1.93 bits per heavy atom. The predicted octanol–water partition coefficient (Wildman–Crippen LogP) is 2.42. The molecule has 7 nitrogen and oxygen atoms in total. The summed E-state index contributed by atoms with van der Waals surface area (Å²) in [5.74, 6) is 1.01. The molecular formula is C20H20N6O. The van der Waals surface area contributed by atoms with E-state index in [2.05, 4.69) is 15.0 Å². The largest absolute Gasteiger partial charge is 0.368 e. The standard InChI is InChI=1S/C20H20N6O/c1-25(16-5-3-2-4-6-16)18-8-7-14(11-22-18)19(27)26-10-9-17-15(13-26)12-23-20(21)24-17/h2-8,11-12H,9-10,13H2,1H3,(H2,21,23,24). The number of carbonyl (C=O) groups excluding carboxylic acids is 1. The summed E-state index contributed by atoms with van der Waals surface area (Å²) in [7, 11) is 1.95. The number of hydrogen-bond acceptors (Lipinski definition) is 6. The van der Waals surface area contributed by atoms with E-state index in [1.165, 1.54) is 0 Å². The van der Waals surface area contributed by atoms with Crippen LogP contribution in [0.3, 0.4) is 0 Å². The van der Waals surface area contributed by atoms with E-state index in [0.717, 1.165) is 22.8 Å². The second-order valence-electron chi connectivity index (χ2n) is 6.48. The van der Waals surface area contributed by atoms with Crippen LogP contribution >= 0.6 is 0 Å². The highest BCUT2D eigenvalue weighted by molar-refractivity contribution is 5.94. The molecule has 3 heterocycles. The zero-order valence-electron chi connectivity index (χ0n) is 15.0. The number of anilines is 3. The van der Waals surface area contributed by atoms with Crippen LogP contribution in [0, 0.1) is 0 Å². The van der Waals surface area contributed by atoms with Crippen molar-refractivity contribution in [2.24, 2.45) is 0 Å². The molecule has 1 aliphatic heterocycles. The van der Waals surface area contributed by atoms with Crippen LogP contribution in [-0.4, -0.2) is 39.4 Å². The number of aromatic nitrogens is 3. The lowest BCUT2D eigenvalue weighted by atomic mass is 10.1. The Balaban J connectivity index is 1.49. The molecule has 0 saturated heterocycles. The Bertz CT molecular complexity index is 958. The zero-order chi connectivity index (χ0) is 18.8. The zero-order valence-corrected chi connectivity index (χ0v) is 15.0. The van der Waals surface area contributed by atoms with Gasteiger partial charge in [-0.1, -0.05) is 18.2 Å². The Kier molecular flexibility index (Phi) is 4.42. The summed E-state index contributed by atoms with van der Waals surface area (Å²) in [6.45, 7) is 1.09. The van der Waals surface area contributed by atoms with Crippen molar-refractivity contribution in [1.82, 2.24) is 19.9 Å². The van der Waals surface area contributed by atoms with Crippen LogP contribution in [0.2, 0.25) is 0 Å². The molecule has 0 atom stereocenters. The summed E-state index contributed by atoms with van der Waals surface area (Å²) < 4.78 is 0. The molecule has 0 aliphatic carbocycles. The Morgan fingerprint density at radius 3 is 2.67 bits per heavy atom. The highest BCUT2D eigenvalue weighted by atomic mass is 16.2. The van der Waals surface area contributed by atoms with Crippen molar-refractivity contribution in [3.05, 3.63) is 71.7 Å². The first-order valence-corrected chi connectivity index (χ1v) is 8.76. The maximum Gasteiger partial charge on any atom is 0.255 e. The van der Waals surface area contributed by atoms with Gasteiger partial charge in [-0.05, 0) is 24.3 Å². The first kappa shape index (κ1) is 17.0.